The molecule has 8 nitrogen and oxygen atoms in total. The summed E-state index contributed by atoms with van der Waals surface area (Å²) in [5.74, 6) is 3.16. The van der Waals surface area contributed by atoms with E-state index < -0.39 is 6.09 Å². The summed E-state index contributed by atoms with van der Waals surface area (Å²) in [5, 5.41) is 10.2. The highest BCUT2D eigenvalue weighted by Crippen LogP contribution is 2.50. The molecule has 1 saturated carbocycles. The molecule has 2 aliphatic rings. The molecule has 9 heteroatoms. The van der Waals surface area contributed by atoms with Crippen LogP contribution in [-0.2, 0) is 0 Å². The van der Waals surface area contributed by atoms with E-state index in [0.29, 0.717) is 40.8 Å². The normalized spacial score (nSPS) is 21.5. The van der Waals surface area contributed by atoms with Gasteiger partial charge in [-0.1, -0.05) is 11.6 Å². The van der Waals surface area contributed by atoms with Crippen LogP contribution in [0.4, 0.5) is 22.2 Å². The molecule has 1 aliphatic carbocycles. The lowest BCUT2D eigenvalue weighted by atomic mass is 9.90. The molecule has 2 aromatic rings. The molecule has 1 amide bonds. The first kappa shape index (κ1) is 20.7. The Hall–Kier alpha value is -2.61. The van der Waals surface area contributed by atoms with E-state index in [-0.39, 0.29) is 0 Å². The number of carbonyl (C=O) groups is 1. The number of hydrogen-bond donors (Lipinski definition) is 2. The minimum atomic E-state index is -0.972. The Labute approximate surface area is 181 Å². The third kappa shape index (κ3) is 4.59. The smallest absolute Gasteiger partial charge is 0.413 e. The Morgan fingerprint density at radius 3 is 2.60 bits per heavy atom. The average molecular weight is 431 g/mol. The van der Waals surface area contributed by atoms with E-state index in [9.17, 15) is 9.90 Å². The van der Waals surface area contributed by atoms with Crippen molar-refractivity contribution in [2.24, 2.45) is 17.8 Å². The van der Waals surface area contributed by atoms with Crippen LogP contribution in [0, 0.1) is 24.7 Å². The Kier molecular flexibility index (Phi) is 5.94. The van der Waals surface area contributed by atoms with Crippen molar-refractivity contribution in [2.75, 3.05) is 35.2 Å². The molecule has 0 aromatic carbocycles. The second kappa shape index (κ2) is 8.63. The van der Waals surface area contributed by atoms with Crippen molar-refractivity contribution in [3.05, 3.63) is 35.2 Å². The van der Waals surface area contributed by atoms with Crippen LogP contribution >= 0.6 is 11.6 Å². The minimum absolute atomic E-state index is 0.447. The first-order valence-corrected chi connectivity index (χ1v) is 10.7. The van der Waals surface area contributed by atoms with E-state index >= 15 is 0 Å². The highest BCUT2D eigenvalue weighted by molar-refractivity contribution is 6.30. The van der Waals surface area contributed by atoms with Gasteiger partial charge in [0, 0.05) is 19.6 Å². The molecule has 2 fully saturated rings. The molecule has 3 heterocycles. The van der Waals surface area contributed by atoms with Crippen molar-refractivity contribution < 1.29 is 9.90 Å². The number of pyridine rings is 1. The van der Waals surface area contributed by atoms with E-state index in [1.807, 2.05) is 6.92 Å². The number of anilines is 3. The summed E-state index contributed by atoms with van der Waals surface area (Å²) >= 11 is 5.87. The van der Waals surface area contributed by atoms with Crippen molar-refractivity contribution in [3.8, 4) is 0 Å². The lowest BCUT2D eigenvalue weighted by molar-refractivity contribution is 0.201. The molecule has 30 heavy (non-hydrogen) atoms. The molecular weight excluding hydrogens is 404 g/mol. The van der Waals surface area contributed by atoms with Crippen LogP contribution in [-0.4, -0.2) is 45.8 Å². The maximum Gasteiger partial charge on any atom is 0.413 e. The van der Waals surface area contributed by atoms with Crippen LogP contribution in [0.1, 0.15) is 31.2 Å². The lowest BCUT2D eigenvalue weighted by Crippen LogP contribution is -2.35. The number of hydrogen-bond acceptors (Lipinski definition) is 6. The summed E-state index contributed by atoms with van der Waals surface area (Å²) in [4.78, 5) is 28.1. The average Bonchev–Trinajstić information content (AvgIpc) is 3.51. The van der Waals surface area contributed by atoms with Gasteiger partial charge in [0.05, 0.1) is 29.3 Å². The third-order valence-corrected chi connectivity index (χ3v) is 6.57. The zero-order valence-corrected chi connectivity index (χ0v) is 17.8. The Morgan fingerprint density at radius 2 is 1.97 bits per heavy atom. The number of aromatic nitrogens is 3. The van der Waals surface area contributed by atoms with Crippen LogP contribution in [0.5, 0.6) is 0 Å². The zero-order chi connectivity index (χ0) is 21.3. The summed E-state index contributed by atoms with van der Waals surface area (Å²) in [6.45, 7) is 4.22. The van der Waals surface area contributed by atoms with E-state index in [4.69, 9.17) is 17.3 Å². The number of nitrogen functional groups attached to an aromatic ring is 1. The standard InChI is InChI=1S/C21H27ClN6O2/c1-13-8-19(24-12-18(13)23)28(21(29)30)7-4-15-9-17(15)14-2-5-27(6-3-14)20-25-10-16(22)11-26-20/h8,10-12,14-15,17H,2-7,9,23H2,1H3,(H,29,30)/t15-,17-/m1/s1. The number of amides is 1. The van der Waals surface area contributed by atoms with Crippen molar-refractivity contribution in [1.29, 1.82) is 0 Å². The van der Waals surface area contributed by atoms with Gasteiger partial charge in [0.1, 0.15) is 5.82 Å². The quantitative estimate of drug-likeness (QED) is 0.716. The highest BCUT2D eigenvalue weighted by Gasteiger charge is 2.43. The number of carboxylic acid groups (broad SMARTS) is 1. The number of aryl methyl sites for hydroxylation is 1. The fourth-order valence-corrected chi connectivity index (χ4v) is 4.58. The molecule has 3 N–H and O–H groups in total. The Morgan fingerprint density at radius 1 is 1.27 bits per heavy atom. The van der Waals surface area contributed by atoms with Crippen LogP contribution in [0.25, 0.3) is 0 Å². The van der Waals surface area contributed by atoms with Gasteiger partial charge in [-0.05, 0) is 62.0 Å². The van der Waals surface area contributed by atoms with Crippen molar-refractivity contribution in [3.63, 3.8) is 0 Å². The van der Waals surface area contributed by atoms with Crippen LogP contribution < -0.4 is 15.5 Å². The fourth-order valence-electron chi connectivity index (χ4n) is 4.48. The molecule has 4 rings (SSSR count). The van der Waals surface area contributed by atoms with Gasteiger partial charge in [-0.2, -0.15) is 0 Å². The summed E-state index contributed by atoms with van der Waals surface area (Å²) in [6.07, 6.45) is 8.12. The van der Waals surface area contributed by atoms with Gasteiger partial charge < -0.3 is 15.7 Å². The topological polar surface area (TPSA) is 108 Å². The molecule has 1 saturated heterocycles. The molecule has 2 atom stereocenters. The zero-order valence-electron chi connectivity index (χ0n) is 17.0. The molecular formula is C21H27ClN6O2. The first-order valence-electron chi connectivity index (χ1n) is 10.4. The predicted octanol–water partition coefficient (Wildman–Crippen LogP) is 3.84. The highest BCUT2D eigenvalue weighted by atomic mass is 35.5. The fraction of sp³-hybridized carbons (Fsp3) is 0.524. The Bertz CT molecular complexity index is 901. The van der Waals surface area contributed by atoms with Crippen molar-refractivity contribution >= 4 is 35.1 Å². The van der Waals surface area contributed by atoms with Gasteiger partial charge >= 0.3 is 6.09 Å². The predicted molar refractivity (Wildman–Crippen MR) is 117 cm³/mol. The largest absolute Gasteiger partial charge is 0.465 e. The van der Waals surface area contributed by atoms with Crippen LogP contribution in [0.3, 0.4) is 0 Å². The summed E-state index contributed by atoms with van der Waals surface area (Å²) in [5.41, 5.74) is 7.22. The third-order valence-electron chi connectivity index (χ3n) is 6.38. The summed E-state index contributed by atoms with van der Waals surface area (Å²) < 4.78 is 0. The van der Waals surface area contributed by atoms with Crippen molar-refractivity contribution in [2.45, 2.75) is 32.6 Å². The van der Waals surface area contributed by atoms with E-state index in [0.717, 1.165) is 43.9 Å². The lowest BCUT2D eigenvalue weighted by Gasteiger charge is -2.32. The van der Waals surface area contributed by atoms with E-state index in [2.05, 4.69) is 19.9 Å². The molecule has 1 aliphatic heterocycles. The summed E-state index contributed by atoms with van der Waals surface area (Å²) in [6, 6.07) is 1.74. The second-order valence-electron chi connectivity index (χ2n) is 8.31. The molecule has 0 spiro atoms. The summed E-state index contributed by atoms with van der Waals surface area (Å²) in [7, 11) is 0. The molecule has 2 aromatic heterocycles. The van der Waals surface area contributed by atoms with Gasteiger partial charge in [-0.25, -0.2) is 19.7 Å². The molecule has 0 bridgehead atoms. The number of nitrogens with two attached hydrogens (primary N) is 1. The van der Waals surface area contributed by atoms with Crippen molar-refractivity contribution in [1.82, 2.24) is 15.0 Å². The molecule has 160 valence electrons. The SMILES string of the molecule is Cc1cc(N(CC[C@@H]2C[C@@H]2C2CCN(c3ncc(Cl)cn3)CC2)C(=O)O)ncc1N. The number of piperidine rings is 1. The second-order valence-corrected chi connectivity index (χ2v) is 8.74. The van der Waals surface area contributed by atoms with Gasteiger partial charge in [0.25, 0.3) is 0 Å². The number of halogens is 1. The van der Waals surface area contributed by atoms with E-state index in [1.165, 1.54) is 17.5 Å². The monoisotopic (exact) mass is 430 g/mol. The maximum absolute atomic E-state index is 11.7. The molecule has 0 radical (unpaired) electrons. The molecule has 0 unspecified atom stereocenters. The van der Waals surface area contributed by atoms with Gasteiger partial charge in [-0.15, -0.1) is 0 Å². The maximum atomic E-state index is 11.7. The van der Waals surface area contributed by atoms with E-state index in [1.54, 1.807) is 18.5 Å². The van der Waals surface area contributed by atoms with Gasteiger partial charge in [0.15, 0.2) is 0 Å². The van der Waals surface area contributed by atoms with Crippen LogP contribution in [0.2, 0.25) is 5.02 Å². The Balaban J connectivity index is 1.27. The first-order chi connectivity index (χ1) is 14.4. The van der Waals surface area contributed by atoms with Crippen LogP contribution in [0.15, 0.2) is 24.7 Å². The van der Waals surface area contributed by atoms with Gasteiger partial charge in [-0.3, -0.25) is 4.90 Å². The minimum Gasteiger partial charge on any atom is -0.465 e. The number of nitrogens with zero attached hydrogens (tertiary/aromatic N) is 5. The van der Waals surface area contributed by atoms with Gasteiger partial charge in [0.2, 0.25) is 5.95 Å². The number of rotatable bonds is 6.